The molecule has 0 fully saturated rings. The van der Waals surface area contributed by atoms with Gasteiger partial charge in [-0.3, -0.25) is 0 Å². The van der Waals surface area contributed by atoms with Gasteiger partial charge in [-0.1, -0.05) is 0 Å². The summed E-state index contributed by atoms with van der Waals surface area (Å²) < 4.78 is 0. The fourth-order valence-electron chi connectivity index (χ4n) is 0.338. The van der Waals surface area contributed by atoms with Crippen LogP contribution in [-0.4, -0.2) is 15.1 Å². The molecule has 1 heterocycles. The minimum Gasteiger partial charge on any atom is -0.388 e. The van der Waals surface area contributed by atoms with E-state index in [1.165, 1.54) is 6.20 Å². The Labute approximate surface area is 41.0 Å². The zero-order chi connectivity index (χ0) is 5.11. The van der Waals surface area contributed by atoms with Gasteiger partial charge in [-0.25, -0.2) is 4.98 Å². The molecule has 0 amide bonds. The van der Waals surface area contributed by atoms with Gasteiger partial charge in [0.1, 0.15) is 12.4 Å². The second-order valence-corrected chi connectivity index (χ2v) is 1.13. The van der Waals surface area contributed by atoms with Crippen molar-refractivity contribution in [2.75, 3.05) is 0 Å². The number of H-pyrrole nitrogens is 1. The quantitative estimate of drug-likeness (QED) is 0.505. The molecule has 0 bridgehead atoms. The highest BCUT2D eigenvalue weighted by atomic mass is 16.3. The summed E-state index contributed by atoms with van der Waals surface area (Å²) in [5.74, 6) is 0.556. The first-order valence-corrected chi connectivity index (χ1v) is 1.94. The first-order valence-electron chi connectivity index (χ1n) is 1.94. The van der Waals surface area contributed by atoms with Gasteiger partial charge in [0, 0.05) is 0 Å². The minimum absolute atomic E-state index is 0.0382. The van der Waals surface area contributed by atoms with Crippen LogP contribution in [-0.2, 0) is 6.61 Å². The Hall–Kier alpha value is -0.830. The highest BCUT2D eigenvalue weighted by Gasteiger charge is 1.84. The Bertz CT molecular complexity index is 124. The largest absolute Gasteiger partial charge is 0.388 e. The molecule has 0 saturated heterocycles. The molecule has 0 aliphatic rings. The molecule has 0 saturated carbocycles. The van der Waals surface area contributed by atoms with Crippen LogP contribution >= 0.6 is 0 Å². The molecule has 1 aromatic rings. The second-order valence-electron chi connectivity index (χ2n) is 1.13. The van der Waals surface area contributed by atoms with Crippen LogP contribution in [0.25, 0.3) is 0 Å². The predicted octanol–water partition coefficient (Wildman–Crippen LogP) is -0.298. The number of hydrogen-bond acceptors (Lipinski definition) is 2. The van der Waals surface area contributed by atoms with Gasteiger partial charge in [0.25, 0.3) is 0 Å². The maximum atomic E-state index is 8.31. The molecule has 1 radical (unpaired) electrons. The molecule has 1 aromatic heterocycles. The number of nitrogens with zero attached hydrogens (tertiary/aromatic N) is 1. The van der Waals surface area contributed by atoms with E-state index in [-0.39, 0.29) is 6.61 Å². The van der Waals surface area contributed by atoms with Crippen molar-refractivity contribution in [3.05, 3.63) is 18.2 Å². The third-order valence-electron chi connectivity index (χ3n) is 0.651. The van der Waals surface area contributed by atoms with Crippen molar-refractivity contribution in [3.8, 4) is 0 Å². The molecule has 0 aromatic carbocycles. The molecule has 7 heavy (non-hydrogen) atoms. The Morgan fingerprint density at radius 3 is 3.14 bits per heavy atom. The van der Waals surface area contributed by atoms with Gasteiger partial charge in [-0.05, 0) is 0 Å². The zero-order valence-corrected chi connectivity index (χ0v) is 3.68. The lowest BCUT2D eigenvalue weighted by atomic mass is 10.7. The number of aromatic nitrogens is 2. The second kappa shape index (κ2) is 1.75. The topological polar surface area (TPSA) is 48.9 Å². The summed E-state index contributed by atoms with van der Waals surface area (Å²) in [4.78, 5) is 6.27. The van der Waals surface area contributed by atoms with E-state index in [0.29, 0.717) is 5.82 Å². The third-order valence-corrected chi connectivity index (χ3v) is 0.651. The van der Waals surface area contributed by atoms with E-state index in [0.717, 1.165) is 0 Å². The SMILES string of the molecule is OCc1nc[c][nH]1. The summed E-state index contributed by atoms with van der Waals surface area (Å²) in [6.07, 6.45) is 4.06. The molecule has 1 rings (SSSR count). The Morgan fingerprint density at radius 2 is 2.86 bits per heavy atom. The van der Waals surface area contributed by atoms with Crippen LogP contribution in [0.15, 0.2) is 6.20 Å². The number of aliphatic hydroxyl groups is 1. The minimum atomic E-state index is -0.0382. The fraction of sp³-hybridized carbons (Fsp3) is 0.250. The standard InChI is InChI=1S/C4H5N2O/c7-3-4-5-1-2-6-4/h1,7H,3H2,(H,5,6). The predicted molar refractivity (Wildman–Crippen MR) is 23.3 cm³/mol. The number of nitrogens with one attached hydrogen (secondary N) is 1. The lowest BCUT2D eigenvalue weighted by molar-refractivity contribution is 0.272. The van der Waals surface area contributed by atoms with Gasteiger partial charge >= 0.3 is 0 Å². The van der Waals surface area contributed by atoms with Gasteiger partial charge in [-0.15, -0.1) is 0 Å². The zero-order valence-electron chi connectivity index (χ0n) is 3.68. The van der Waals surface area contributed by atoms with Crippen molar-refractivity contribution in [2.45, 2.75) is 6.61 Å². The summed E-state index contributed by atoms with van der Waals surface area (Å²) in [5.41, 5.74) is 0. The highest BCUT2D eigenvalue weighted by molar-refractivity contribution is 4.81. The first-order chi connectivity index (χ1) is 3.43. The summed E-state index contributed by atoms with van der Waals surface area (Å²) in [6, 6.07) is 0. The molecule has 3 heteroatoms. The average Bonchev–Trinajstić information content (AvgIpc) is 2.14. The molecule has 0 spiro atoms. The lowest BCUT2D eigenvalue weighted by Crippen LogP contribution is -1.82. The summed E-state index contributed by atoms with van der Waals surface area (Å²) in [7, 11) is 0. The van der Waals surface area contributed by atoms with Crippen molar-refractivity contribution >= 4 is 0 Å². The summed E-state index contributed by atoms with van der Waals surface area (Å²) in [5, 5.41) is 8.31. The molecule has 2 N–H and O–H groups in total. The fourth-order valence-corrected chi connectivity index (χ4v) is 0.338. The molecule has 0 atom stereocenters. The summed E-state index contributed by atoms with van der Waals surface area (Å²) in [6.45, 7) is -0.0382. The molecule has 37 valence electrons. The number of aromatic amines is 1. The maximum Gasteiger partial charge on any atom is 0.132 e. The Kier molecular flexibility index (Phi) is 1.08. The highest BCUT2D eigenvalue weighted by Crippen LogP contribution is 1.82. The molecule has 0 aliphatic heterocycles. The van der Waals surface area contributed by atoms with E-state index in [9.17, 15) is 0 Å². The number of imidazole rings is 1. The van der Waals surface area contributed by atoms with E-state index >= 15 is 0 Å². The van der Waals surface area contributed by atoms with Gasteiger partial charge in [-0.2, -0.15) is 0 Å². The molecular weight excluding hydrogens is 92.1 g/mol. The normalized spacial score (nSPS) is 9.29. The number of aliphatic hydroxyl groups excluding tert-OH is 1. The maximum absolute atomic E-state index is 8.31. The molecule has 3 nitrogen and oxygen atoms in total. The van der Waals surface area contributed by atoms with Crippen LogP contribution in [0.4, 0.5) is 0 Å². The van der Waals surface area contributed by atoms with Gasteiger partial charge in [0.2, 0.25) is 0 Å². The first kappa shape index (κ1) is 4.33. The van der Waals surface area contributed by atoms with Crippen LogP contribution in [0.3, 0.4) is 0 Å². The van der Waals surface area contributed by atoms with Crippen molar-refractivity contribution in [1.82, 2.24) is 9.97 Å². The van der Waals surface area contributed by atoms with Crippen molar-refractivity contribution in [3.63, 3.8) is 0 Å². The van der Waals surface area contributed by atoms with Crippen molar-refractivity contribution < 1.29 is 5.11 Å². The molecule has 0 aliphatic carbocycles. The monoisotopic (exact) mass is 97.0 g/mol. The van der Waals surface area contributed by atoms with E-state index in [1.807, 2.05) is 0 Å². The van der Waals surface area contributed by atoms with E-state index in [4.69, 9.17) is 5.11 Å². The van der Waals surface area contributed by atoms with Crippen molar-refractivity contribution in [1.29, 1.82) is 0 Å². The van der Waals surface area contributed by atoms with E-state index in [1.54, 1.807) is 0 Å². The van der Waals surface area contributed by atoms with Crippen LogP contribution in [0.2, 0.25) is 0 Å². The van der Waals surface area contributed by atoms with E-state index < -0.39 is 0 Å². The van der Waals surface area contributed by atoms with Crippen molar-refractivity contribution in [2.24, 2.45) is 0 Å². The van der Waals surface area contributed by atoms with Gasteiger partial charge in [0.05, 0.1) is 12.4 Å². The Morgan fingerprint density at radius 1 is 2.00 bits per heavy atom. The third kappa shape index (κ3) is 0.778. The summed E-state index contributed by atoms with van der Waals surface area (Å²) >= 11 is 0. The van der Waals surface area contributed by atoms with Crippen LogP contribution in [0.1, 0.15) is 5.82 Å². The molecule has 0 unspecified atom stereocenters. The van der Waals surface area contributed by atoms with Crippen LogP contribution in [0, 0.1) is 6.20 Å². The van der Waals surface area contributed by atoms with E-state index in [2.05, 4.69) is 16.2 Å². The average molecular weight is 97.1 g/mol. The van der Waals surface area contributed by atoms with Gasteiger partial charge < -0.3 is 10.1 Å². The number of rotatable bonds is 1. The smallest absolute Gasteiger partial charge is 0.132 e. The van der Waals surface area contributed by atoms with Gasteiger partial charge in [0.15, 0.2) is 0 Å². The lowest BCUT2D eigenvalue weighted by Gasteiger charge is -1.79. The van der Waals surface area contributed by atoms with Crippen LogP contribution in [0.5, 0.6) is 0 Å². The molecular formula is C4H5N2O. The number of hydrogen-bond donors (Lipinski definition) is 2. The Balaban J connectivity index is 2.76. The van der Waals surface area contributed by atoms with Crippen LogP contribution < -0.4 is 0 Å².